The van der Waals surface area contributed by atoms with Gasteiger partial charge in [-0.3, -0.25) is 9.97 Å². The number of nitrogens with zero attached hydrogens (tertiary/aromatic N) is 3. The predicted molar refractivity (Wildman–Crippen MR) is 105 cm³/mol. The standard InChI is InChI=1S/C23H22N3.Ir/c1-23(2,3)21-11-19-20(12-24-21)26-7-6-15-9-16-13-4-5-14(8-13)17(16)10-18(15)22(26)25-19;/h6-7,9,11-14H,4-5,8H2,1-3H3;/q-1;. The number of rotatable bonds is 0. The Morgan fingerprint density at radius 2 is 1.96 bits per heavy atom. The van der Waals surface area contributed by atoms with E-state index in [1.807, 2.05) is 6.20 Å². The second-order valence-electron chi connectivity index (χ2n) is 9.11. The zero-order valence-corrected chi connectivity index (χ0v) is 18.2. The van der Waals surface area contributed by atoms with Crippen LogP contribution in [0.5, 0.6) is 0 Å². The Morgan fingerprint density at radius 3 is 2.78 bits per heavy atom. The molecule has 2 aliphatic rings. The Bertz CT molecular complexity index is 1220. The minimum atomic E-state index is 0. The van der Waals surface area contributed by atoms with Crippen LogP contribution in [0.15, 0.2) is 30.6 Å². The van der Waals surface area contributed by atoms with Crippen molar-refractivity contribution in [3.8, 4) is 0 Å². The van der Waals surface area contributed by atoms with Crippen molar-refractivity contribution in [3.05, 3.63) is 53.5 Å². The summed E-state index contributed by atoms with van der Waals surface area (Å²) in [5.74, 6) is 1.49. The summed E-state index contributed by atoms with van der Waals surface area (Å²) in [6, 6.07) is 10.5. The summed E-state index contributed by atoms with van der Waals surface area (Å²) in [4.78, 5) is 9.70. The molecule has 4 aromatic rings. The van der Waals surface area contributed by atoms with Gasteiger partial charge in [-0.25, -0.2) is 0 Å². The number of hydrogen-bond donors (Lipinski definition) is 0. The van der Waals surface area contributed by atoms with E-state index in [2.05, 4.69) is 55.6 Å². The third-order valence-electron chi connectivity index (χ3n) is 6.42. The molecule has 1 radical (unpaired) electrons. The van der Waals surface area contributed by atoms with Crippen LogP contribution in [0.4, 0.5) is 0 Å². The molecule has 1 aromatic carbocycles. The molecule has 3 nitrogen and oxygen atoms in total. The molecule has 139 valence electrons. The molecule has 0 spiro atoms. The van der Waals surface area contributed by atoms with E-state index in [0.717, 1.165) is 39.6 Å². The third-order valence-corrected chi connectivity index (χ3v) is 6.42. The van der Waals surface area contributed by atoms with E-state index < -0.39 is 0 Å². The number of fused-ring (bicyclic) bond motifs is 10. The molecule has 2 bridgehead atoms. The van der Waals surface area contributed by atoms with Gasteiger partial charge in [-0.05, 0) is 36.9 Å². The quantitative estimate of drug-likeness (QED) is 0.280. The number of hydrogen-bond acceptors (Lipinski definition) is 2. The summed E-state index contributed by atoms with van der Waals surface area (Å²) in [5, 5.41) is 2.43. The third kappa shape index (κ3) is 2.36. The zero-order chi connectivity index (χ0) is 17.6. The number of aromatic nitrogens is 3. The molecule has 1 fully saturated rings. The van der Waals surface area contributed by atoms with Gasteiger partial charge < -0.3 is 4.40 Å². The van der Waals surface area contributed by atoms with Gasteiger partial charge in [0.05, 0.1) is 22.9 Å². The van der Waals surface area contributed by atoms with E-state index in [9.17, 15) is 0 Å². The van der Waals surface area contributed by atoms with Crippen molar-refractivity contribution in [2.24, 2.45) is 0 Å². The minimum absolute atomic E-state index is 0. The number of imidazole rings is 1. The van der Waals surface area contributed by atoms with Crippen LogP contribution in [-0.2, 0) is 25.5 Å². The van der Waals surface area contributed by atoms with Crippen LogP contribution in [0.2, 0.25) is 0 Å². The van der Waals surface area contributed by atoms with Gasteiger partial charge in [0, 0.05) is 31.2 Å². The molecular weight excluding hydrogens is 510 g/mol. The number of pyridine rings is 2. The monoisotopic (exact) mass is 533 g/mol. The predicted octanol–water partition coefficient (Wildman–Crippen LogP) is 5.50. The van der Waals surface area contributed by atoms with E-state index in [0.29, 0.717) is 0 Å². The maximum absolute atomic E-state index is 5.00. The van der Waals surface area contributed by atoms with Crippen molar-refractivity contribution >= 4 is 27.5 Å². The first kappa shape index (κ1) is 17.3. The molecule has 0 saturated heterocycles. The fraction of sp³-hybridized carbons (Fsp3) is 0.391. The van der Waals surface area contributed by atoms with Crippen LogP contribution >= 0.6 is 0 Å². The fourth-order valence-electron chi connectivity index (χ4n) is 5.00. The maximum atomic E-state index is 5.00. The van der Waals surface area contributed by atoms with Gasteiger partial charge in [0.2, 0.25) is 0 Å². The van der Waals surface area contributed by atoms with Crippen molar-refractivity contribution in [3.63, 3.8) is 0 Å². The Kier molecular flexibility index (Phi) is 3.61. The van der Waals surface area contributed by atoms with Gasteiger partial charge in [0.15, 0.2) is 0 Å². The van der Waals surface area contributed by atoms with Crippen molar-refractivity contribution in [2.75, 3.05) is 0 Å². The van der Waals surface area contributed by atoms with E-state index >= 15 is 0 Å². The van der Waals surface area contributed by atoms with Crippen molar-refractivity contribution < 1.29 is 20.1 Å². The minimum Gasteiger partial charge on any atom is -0.339 e. The Balaban J connectivity index is 0.00000160. The summed E-state index contributed by atoms with van der Waals surface area (Å²) in [7, 11) is 0. The second-order valence-corrected chi connectivity index (χ2v) is 9.11. The molecule has 27 heavy (non-hydrogen) atoms. The SMILES string of the molecule is CC(C)(C)c1cc2nc3c4[c-]c5c(cc4ccn3c2cn1)C1CCC5C1.[Ir]. The number of benzene rings is 1. The molecular formula is C23H22IrN3-. The molecule has 1 saturated carbocycles. The largest absolute Gasteiger partial charge is 0.339 e. The van der Waals surface area contributed by atoms with Crippen LogP contribution in [0, 0.1) is 6.07 Å². The smallest absolute Gasteiger partial charge is 0.0817 e. The summed E-state index contributed by atoms with van der Waals surface area (Å²) >= 11 is 0. The fourth-order valence-corrected chi connectivity index (χ4v) is 5.00. The molecule has 0 N–H and O–H groups in total. The van der Waals surface area contributed by atoms with E-state index in [1.54, 1.807) is 5.56 Å². The topological polar surface area (TPSA) is 30.2 Å². The van der Waals surface area contributed by atoms with Gasteiger partial charge in [-0.1, -0.05) is 33.3 Å². The molecule has 4 heteroatoms. The summed E-state index contributed by atoms with van der Waals surface area (Å²) in [6.07, 6.45) is 8.12. The average Bonchev–Trinajstić information content (AvgIpc) is 3.31. The van der Waals surface area contributed by atoms with E-state index in [4.69, 9.17) is 9.97 Å². The molecule has 2 aliphatic carbocycles. The van der Waals surface area contributed by atoms with Crippen molar-refractivity contribution in [2.45, 2.75) is 57.3 Å². The molecule has 6 rings (SSSR count). The van der Waals surface area contributed by atoms with Gasteiger partial charge in [0.1, 0.15) is 0 Å². The van der Waals surface area contributed by atoms with Crippen LogP contribution in [0.3, 0.4) is 0 Å². The van der Waals surface area contributed by atoms with Crippen LogP contribution in [-0.4, -0.2) is 14.4 Å². The van der Waals surface area contributed by atoms with Gasteiger partial charge in [-0.2, -0.15) is 0 Å². The Labute approximate surface area is 172 Å². The Hall–Kier alpha value is -1.77. The first-order valence-corrected chi connectivity index (χ1v) is 9.66. The maximum Gasteiger partial charge on any atom is 0.0817 e. The molecule has 0 aliphatic heterocycles. The summed E-state index contributed by atoms with van der Waals surface area (Å²) in [5.41, 5.74) is 7.22. The molecule has 2 unspecified atom stereocenters. The average molecular weight is 533 g/mol. The van der Waals surface area contributed by atoms with E-state index in [1.165, 1.54) is 30.2 Å². The molecule has 2 atom stereocenters. The molecule has 0 amide bonds. The summed E-state index contributed by atoms with van der Waals surface area (Å²) in [6.45, 7) is 6.58. The molecule has 3 aromatic heterocycles. The van der Waals surface area contributed by atoms with Crippen molar-refractivity contribution in [1.29, 1.82) is 0 Å². The van der Waals surface area contributed by atoms with Crippen molar-refractivity contribution in [1.82, 2.24) is 14.4 Å². The Morgan fingerprint density at radius 1 is 1.15 bits per heavy atom. The van der Waals surface area contributed by atoms with Crippen LogP contribution in [0.1, 0.15) is 68.7 Å². The van der Waals surface area contributed by atoms with E-state index in [-0.39, 0.29) is 25.5 Å². The van der Waals surface area contributed by atoms with Crippen LogP contribution in [0.25, 0.3) is 27.5 Å². The normalized spacial score (nSPS) is 21.1. The van der Waals surface area contributed by atoms with Gasteiger partial charge in [0.25, 0.3) is 0 Å². The van der Waals surface area contributed by atoms with Gasteiger partial charge in [-0.15, -0.1) is 34.0 Å². The first-order valence-electron chi connectivity index (χ1n) is 9.66. The zero-order valence-electron chi connectivity index (χ0n) is 15.8. The summed E-state index contributed by atoms with van der Waals surface area (Å²) < 4.78 is 2.17. The second kappa shape index (κ2) is 5.62. The van der Waals surface area contributed by atoms with Crippen LogP contribution < -0.4 is 0 Å². The first-order chi connectivity index (χ1) is 12.5. The van der Waals surface area contributed by atoms with Gasteiger partial charge >= 0.3 is 0 Å². The molecule has 3 heterocycles.